The summed E-state index contributed by atoms with van der Waals surface area (Å²) in [5.41, 5.74) is -0.913. The normalized spacial score (nSPS) is 21.1. The van der Waals surface area contributed by atoms with Gasteiger partial charge in [-0.15, -0.1) is 0 Å². The summed E-state index contributed by atoms with van der Waals surface area (Å²) < 4.78 is 65.0. The number of sulfonamides is 1. The largest absolute Gasteiger partial charge is 0.416 e. The van der Waals surface area contributed by atoms with E-state index in [0.29, 0.717) is 19.5 Å². The number of hydrogen-bond acceptors (Lipinski definition) is 4. The van der Waals surface area contributed by atoms with E-state index < -0.39 is 21.8 Å². The standard InChI is InChI=1S/C21H28F3N3O4S/c1-15(2)19(28)26-9-3-4-16(14-26)20(29)25-10-12-27(13-11-25)32(30,31)18-7-5-17(6-8-18)21(22,23)24/h5-8,15-16H,3-4,9-14H2,1-2H3. The van der Waals surface area contributed by atoms with Gasteiger partial charge in [0.25, 0.3) is 0 Å². The fourth-order valence-electron chi connectivity index (χ4n) is 4.12. The first-order valence-electron chi connectivity index (χ1n) is 10.7. The zero-order valence-electron chi connectivity index (χ0n) is 18.1. The van der Waals surface area contributed by atoms with Crippen LogP contribution < -0.4 is 0 Å². The highest BCUT2D eigenvalue weighted by Crippen LogP contribution is 2.30. The number of benzene rings is 1. The summed E-state index contributed by atoms with van der Waals surface area (Å²) in [6.07, 6.45) is -3.11. The molecule has 3 rings (SSSR count). The lowest BCUT2D eigenvalue weighted by Crippen LogP contribution is -2.54. The summed E-state index contributed by atoms with van der Waals surface area (Å²) in [7, 11) is -3.95. The molecule has 2 aliphatic rings. The lowest BCUT2D eigenvalue weighted by Gasteiger charge is -2.39. The first kappa shape index (κ1) is 24.5. The number of nitrogens with zero attached hydrogens (tertiary/aromatic N) is 3. The molecule has 2 saturated heterocycles. The minimum Gasteiger partial charge on any atom is -0.342 e. The van der Waals surface area contributed by atoms with E-state index in [0.717, 1.165) is 30.7 Å². The molecule has 0 aliphatic carbocycles. The molecule has 1 atom stereocenters. The Balaban J connectivity index is 1.60. The molecular formula is C21H28F3N3O4S. The number of piperazine rings is 1. The van der Waals surface area contributed by atoms with Gasteiger partial charge in [-0.3, -0.25) is 9.59 Å². The third-order valence-electron chi connectivity index (χ3n) is 5.95. The van der Waals surface area contributed by atoms with Gasteiger partial charge in [0.1, 0.15) is 0 Å². The second kappa shape index (κ2) is 9.38. The predicted molar refractivity (Wildman–Crippen MR) is 111 cm³/mol. The Labute approximate surface area is 186 Å². The molecule has 0 N–H and O–H groups in total. The molecule has 2 heterocycles. The molecule has 0 spiro atoms. The summed E-state index contributed by atoms with van der Waals surface area (Å²) in [5, 5.41) is 0. The molecule has 2 amide bonds. The van der Waals surface area contributed by atoms with Crippen LogP contribution in [-0.2, 0) is 25.8 Å². The highest BCUT2D eigenvalue weighted by Gasteiger charge is 2.36. The van der Waals surface area contributed by atoms with E-state index in [9.17, 15) is 31.2 Å². The summed E-state index contributed by atoms with van der Waals surface area (Å²) >= 11 is 0. The van der Waals surface area contributed by atoms with Gasteiger partial charge in [-0.1, -0.05) is 13.8 Å². The van der Waals surface area contributed by atoms with Crippen LogP contribution in [0.3, 0.4) is 0 Å². The monoisotopic (exact) mass is 475 g/mol. The van der Waals surface area contributed by atoms with Gasteiger partial charge in [-0.05, 0) is 37.1 Å². The van der Waals surface area contributed by atoms with Crippen molar-refractivity contribution in [2.24, 2.45) is 11.8 Å². The van der Waals surface area contributed by atoms with Crippen molar-refractivity contribution < 1.29 is 31.2 Å². The smallest absolute Gasteiger partial charge is 0.342 e. The zero-order chi connectivity index (χ0) is 23.7. The molecule has 1 aromatic rings. The van der Waals surface area contributed by atoms with Crippen LogP contribution in [0.15, 0.2) is 29.2 Å². The minimum absolute atomic E-state index is 0.0231. The van der Waals surface area contributed by atoms with Crippen LogP contribution in [0.1, 0.15) is 32.3 Å². The van der Waals surface area contributed by atoms with Crippen molar-refractivity contribution in [1.82, 2.24) is 14.1 Å². The lowest BCUT2D eigenvalue weighted by molar-refractivity contribution is -0.143. The zero-order valence-corrected chi connectivity index (χ0v) is 19.0. The molecule has 0 bridgehead atoms. The Morgan fingerprint density at radius 1 is 0.969 bits per heavy atom. The third kappa shape index (κ3) is 5.25. The molecule has 0 radical (unpaired) electrons. The lowest BCUT2D eigenvalue weighted by atomic mass is 9.95. The highest BCUT2D eigenvalue weighted by atomic mass is 32.2. The maximum atomic E-state index is 13.0. The first-order chi connectivity index (χ1) is 14.9. The molecule has 7 nitrogen and oxygen atoms in total. The average Bonchev–Trinajstić information content (AvgIpc) is 2.77. The number of carbonyl (C=O) groups is 2. The van der Waals surface area contributed by atoms with Gasteiger partial charge in [0.15, 0.2) is 0 Å². The van der Waals surface area contributed by atoms with Crippen LogP contribution >= 0.6 is 0 Å². The molecule has 0 saturated carbocycles. The molecule has 32 heavy (non-hydrogen) atoms. The van der Waals surface area contributed by atoms with Gasteiger partial charge in [0, 0.05) is 45.2 Å². The van der Waals surface area contributed by atoms with Crippen LogP contribution in [0.2, 0.25) is 0 Å². The van der Waals surface area contributed by atoms with Crippen LogP contribution in [0.25, 0.3) is 0 Å². The van der Waals surface area contributed by atoms with E-state index in [4.69, 9.17) is 0 Å². The van der Waals surface area contributed by atoms with Gasteiger partial charge in [0.05, 0.1) is 16.4 Å². The Kier molecular flexibility index (Phi) is 7.18. The number of carbonyl (C=O) groups excluding carboxylic acids is 2. The second-order valence-electron chi connectivity index (χ2n) is 8.53. The van der Waals surface area contributed by atoms with Crippen molar-refractivity contribution in [3.8, 4) is 0 Å². The van der Waals surface area contributed by atoms with E-state index in [1.807, 2.05) is 13.8 Å². The number of amides is 2. The van der Waals surface area contributed by atoms with E-state index >= 15 is 0 Å². The van der Waals surface area contributed by atoms with Crippen molar-refractivity contribution in [2.75, 3.05) is 39.3 Å². The van der Waals surface area contributed by atoms with E-state index in [2.05, 4.69) is 0 Å². The summed E-state index contributed by atoms with van der Waals surface area (Å²) in [6, 6.07) is 3.41. The van der Waals surface area contributed by atoms with Crippen LogP contribution in [-0.4, -0.2) is 73.6 Å². The Hall–Kier alpha value is -2.14. The SMILES string of the molecule is CC(C)C(=O)N1CCCC(C(=O)N2CCN(S(=O)(=O)c3ccc(C(F)(F)F)cc3)CC2)C1. The summed E-state index contributed by atoms with van der Waals surface area (Å²) in [6.45, 7) is 5.20. The Morgan fingerprint density at radius 3 is 2.09 bits per heavy atom. The molecule has 0 aromatic heterocycles. The van der Waals surface area contributed by atoms with E-state index in [-0.39, 0.29) is 54.7 Å². The number of alkyl halides is 3. The first-order valence-corrected chi connectivity index (χ1v) is 12.1. The molecule has 1 aromatic carbocycles. The molecule has 2 fully saturated rings. The van der Waals surface area contributed by atoms with Crippen molar-refractivity contribution in [2.45, 2.75) is 37.8 Å². The number of halogens is 3. The van der Waals surface area contributed by atoms with Crippen LogP contribution in [0.4, 0.5) is 13.2 Å². The Morgan fingerprint density at radius 2 is 1.56 bits per heavy atom. The third-order valence-corrected chi connectivity index (χ3v) is 7.86. The number of rotatable bonds is 4. The predicted octanol–water partition coefficient (Wildman–Crippen LogP) is 2.43. The van der Waals surface area contributed by atoms with E-state index in [1.165, 1.54) is 4.31 Å². The number of piperidine rings is 1. The molecule has 178 valence electrons. The van der Waals surface area contributed by atoms with Crippen molar-refractivity contribution in [3.05, 3.63) is 29.8 Å². The van der Waals surface area contributed by atoms with Crippen LogP contribution in [0, 0.1) is 11.8 Å². The van der Waals surface area contributed by atoms with Gasteiger partial charge >= 0.3 is 6.18 Å². The van der Waals surface area contributed by atoms with Crippen molar-refractivity contribution in [1.29, 1.82) is 0 Å². The topological polar surface area (TPSA) is 78.0 Å². The van der Waals surface area contributed by atoms with Gasteiger partial charge < -0.3 is 9.80 Å². The Bertz CT molecular complexity index is 940. The molecule has 2 aliphatic heterocycles. The average molecular weight is 476 g/mol. The summed E-state index contributed by atoms with van der Waals surface area (Å²) in [4.78, 5) is 28.4. The maximum Gasteiger partial charge on any atom is 0.416 e. The molecule has 1 unspecified atom stereocenters. The van der Waals surface area contributed by atoms with Crippen LogP contribution in [0.5, 0.6) is 0 Å². The summed E-state index contributed by atoms with van der Waals surface area (Å²) in [5.74, 6) is -0.500. The minimum atomic E-state index is -4.54. The van der Waals surface area contributed by atoms with Gasteiger partial charge in [0.2, 0.25) is 21.8 Å². The second-order valence-corrected chi connectivity index (χ2v) is 10.5. The highest BCUT2D eigenvalue weighted by molar-refractivity contribution is 7.89. The fraction of sp³-hybridized carbons (Fsp3) is 0.619. The number of likely N-dealkylation sites (tertiary alicyclic amines) is 1. The quantitative estimate of drug-likeness (QED) is 0.670. The maximum absolute atomic E-state index is 13.0. The van der Waals surface area contributed by atoms with Gasteiger partial charge in [-0.25, -0.2) is 8.42 Å². The number of hydrogen-bond donors (Lipinski definition) is 0. The van der Waals surface area contributed by atoms with Gasteiger partial charge in [-0.2, -0.15) is 17.5 Å². The fourth-order valence-corrected chi connectivity index (χ4v) is 5.54. The van der Waals surface area contributed by atoms with Crippen molar-refractivity contribution in [3.63, 3.8) is 0 Å². The van der Waals surface area contributed by atoms with Crippen molar-refractivity contribution >= 4 is 21.8 Å². The van der Waals surface area contributed by atoms with E-state index in [1.54, 1.807) is 9.80 Å². The molecular weight excluding hydrogens is 447 g/mol. The molecule has 11 heteroatoms.